The summed E-state index contributed by atoms with van der Waals surface area (Å²) in [6.45, 7) is 3.47. The van der Waals surface area contributed by atoms with Crippen molar-refractivity contribution < 1.29 is 23.0 Å². The molecule has 1 atom stereocenters. The van der Waals surface area contributed by atoms with E-state index in [4.69, 9.17) is 19.7 Å². The third-order valence-corrected chi connectivity index (χ3v) is 8.79. The van der Waals surface area contributed by atoms with Crippen molar-refractivity contribution in [2.75, 3.05) is 26.8 Å². The molecule has 0 amide bonds. The van der Waals surface area contributed by atoms with Crippen LogP contribution < -0.4 is 0 Å². The first kappa shape index (κ1) is 29.0. The maximum absolute atomic E-state index is 14.6. The number of hydrogen-bond acceptors (Lipinski definition) is 8. The Labute approximate surface area is 251 Å². The molecular weight excluding hydrogens is 572 g/mol. The van der Waals surface area contributed by atoms with Crippen LogP contribution in [0.15, 0.2) is 59.6 Å². The number of rotatable bonds is 9. The Balaban J connectivity index is 1.16. The molecule has 0 radical (unpaired) electrons. The molecule has 0 bridgehead atoms. The number of imidazole rings is 1. The average molecular weight is 602 g/mol. The van der Waals surface area contributed by atoms with Crippen LogP contribution in [0.1, 0.15) is 45.8 Å². The zero-order valence-corrected chi connectivity index (χ0v) is 24.4. The second-order valence-electron chi connectivity index (χ2n) is 10.5. The number of carbonyl (C=O) groups excluding carboxylic acids is 1. The Morgan fingerprint density at radius 3 is 2.72 bits per heavy atom. The SMILES string of the molecule is COC(=O)c1ccc2nc(CN3CC=C(c4ccc(F)c(SCc5ccc(C#N)cc5F)n4)CC3)n(C[C@@H]3CCO3)c2c1. The van der Waals surface area contributed by atoms with E-state index in [1.165, 1.54) is 19.2 Å². The number of pyridine rings is 1. The van der Waals surface area contributed by atoms with Crippen molar-refractivity contribution >= 4 is 34.3 Å². The minimum Gasteiger partial charge on any atom is -0.465 e. The van der Waals surface area contributed by atoms with Gasteiger partial charge in [-0.1, -0.05) is 23.9 Å². The van der Waals surface area contributed by atoms with E-state index in [9.17, 15) is 13.6 Å². The molecular formula is C32H29F2N5O3S. The average Bonchev–Trinajstić information content (AvgIpc) is 3.34. The lowest BCUT2D eigenvalue weighted by Gasteiger charge is -2.29. The number of carbonyl (C=O) groups is 1. The second-order valence-corrected chi connectivity index (χ2v) is 11.5. The van der Waals surface area contributed by atoms with E-state index in [1.807, 2.05) is 18.2 Å². The van der Waals surface area contributed by atoms with Crippen molar-refractivity contribution in [2.24, 2.45) is 0 Å². The van der Waals surface area contributed by atoms with Crippen molar-refractivity contribution in [3.63, 3.8) is 0 Å². The topological polar surface area (TPSA) is 93.3 Å². The van der Waals surface area contributed by atoms with Crippen molar-refractivity contribution in [1.29, 1.82) is 5.26 Å². The van der Waals surface area contributed by atoms with Gasteiger partial charge in [-0.25, -0.2) is 23.5 Å². The predicted octanol–water partition coefficient (Wildman–Crippen LogP) is 5.74. The van der Waals surface area contributed by atoms with E-state index in [0.717, 1.165) is 60.2 Å². The fourth-order valence-corrected chi connectivity index (χ4v) is 6.14. The molecule has 2 aliphatic rings. The van der Waals surface area contributed by atoms with Gasteiger partial charge in [-0.2, -0.15) is 5.26 Å². The molecule has 0 spiro atoms. The van der Waals surface area contributed by atoms with Crippen molar-refractivity contribution in [1.82, 2.24) is 19.4 Å². The van der Waals surface area contributed by atoms with Crippen molar-refractivity contribution in [2.45, 2.75) is 42.8 Å². The highest BCUT2D eigenvalue weighted by atomic mass is 32.2. The molecule has 4 heterocycles. The molecule has 0 saturated carbocycles. The lowest BCUT2D eigenvalue weighted by molar-refractivity contribution is -0.0591. The van der Waals surface area contributed by atoms with Crippen LogP contribution in [0.25, 0.3) is 16.6 Å². The van der Waals surface area contributed by atoms with Gasteiger partial charge in [0.2, 0.25) is 0 Å². The van der Waals surface area contributed by atoms with Crippen molar-refractivity contribution in [3.8, 4) is 6.07 Å². The Bertz CT molecular complexity index is 1760. The van der Waals surface area contributed by atoms with Crippen molar-refractivity contribution in [3.05, 3.63) is 94.5 Å². The first-order chi connectivity index (χ1) is 20.9. The molecule has 0 N–H and O–H groups in total. The minimum atomic E-state index is -0.490. The lowest BCUT2D eigenvalue weighted by Crippen LogP contribution is -2.33. The van der Waals surface area contributed by atoms with Gasteiger partial charge in [-0.05, 0) is 66.4 Å². The smallest absolute Gasteiger partial charge is 0.337 e. The summed E-state index contributed by atoms with van der Waals surface area (Å²) in [6, 6.07) is 14.7. The van der Waals surface area contributed by atoms with Crippen LogP contribution in [0.5, 0.6) is 0 Å². The number of benzene rings is 2. The second kappa shape index (κ2) is 12.6. The monoisotopic (exact) mass is 601 g/mol. The first-order valence-corrected chi connectivity index (χ1v) is 15.0. The van der Waals surface area contributed by atoms with Gasteiger partial charge in [0.25, 0.3) is 0 Å². The molecule has 2 aliphatic heterocycles. The highest BCUT2D eigenvalue weighted by Gasteiger charge is 2.24. The van der Waals surface area contributed by atoms with Gasteiger partial charge in [-0.15, -0.1) is 0 Å². The molecule has 0 unspecified atom stereocenters. The first-order valence-electron chi connectivity index (χ1n) is 14.0. The molecule has 11 heteroatoms. The fraction of sp³-hybridized carbons (Fsp3) is 0.312. The molecule has 4 aromatic rings. The number of hydrogen-bond donors (Lipinski definition) is 0. The molecule has 1 saturated heterocycles. The predicted molar refractivity (Wildman–Crippen MR) is 158 cm³/mol. The molecule has 6 rings (SSSR count). The number of aromatic nitrogens is 3. The summed E-state index contributed by atoms with van der Waals surface area (Å²) in [4.78, 5) is 23.9. The third kappa shape index (κ3) is 6.32. The lowest BCUT2D eigenvalue weighted by atomic mass is 10.0. The fourth-order valence-electron chi connectivity index (χ4n) is 5.25. The van der Waals surface area contributed by atoms with E-state index in [1.54, 1.807) is 24.3 Å². The van der Waals surface area contributed by atoms with E-state index in [2.05, 4.69) is 20.5 Å². The summed E-state index contributed by atoms with van der Waals surface area (Å²) in [7, 11) is 1.37. The normalized spacial score (nSPS) is 16.9. The number of fused-ring (bicyclic) bond motifs is 1. The molecule has 8 nitrogen and oxygen atoms in total. The summed E-state index contributed by atoms with van der Waals surface area (Å²) in [5.41, 5.74) is 4.54. The Hall–Kier alpha value is -4.11. The molecule has 0 aliphatic carbocycles. The molecule has 2 aromatic heterocycles. The largest absolute Gasteiger partial charge is 0.465 e. The van der Waals surface area contributed by atoms with E-state index in [-0.39, 0.29) is 28.4 Å². The van der Waals surface area contributed by atoms with Gasteiger partial charge >= 0.3 is 5.97 Å². The van der Waals surface area contributed by atoms with Gasteiger partial charge in [0.05, 0.1) is 60.2 Å². The summed E-state index contributed by atoms with van der Waals surface area (Å²) < 4.78 is 41.7. The highest BCUT2D eigenvalue weighted by Crippen LogP contribution is 2.30. The van der Waals surface area contributed by atoms with E-state index >= 15 is 0 Å². The van der Waals surface area contributed by atoms with Crippen LogP contribution in [-0.4, -0.2) is 58.3 Å². The molecule has 220 valence electrons. The van der Waals surface area contributed by atoms with E-state index < -0.39 is 11.6 Å². The summed E-state index contributed by atoms with van der Waals surface area (Å²) >= 11 is 1.13. The van der Waals surface area contributed by atoms with Crippen LogP contribution in [0, 0.1) is 23.0 Å². The number of esters is 1. The highest BCUT2D eigenvalue weighted by molar-refractivity contribution is 7.98. The van der Waals surface area contributed by atoms with Crippen LogP contribution in [-0.2, 0) is 28.3 Å². The Morgan fingerprint density at radius 1 is 1.16 bits per heavy atom. The number of ether oxygens (including phenoxy) is 2. The van der Waals surface area contributed by atoms with Gasteiger partial charge in [0.1, 0.15) is 16.7 Å². The summed E-state index contributed by atoms with van der Waals surface area (Å²) in [5.74, 6) is -0.229. The third-order valence-electron chi connectivity index (χ3n) is 7.78. The zero-order chi connectivity index (χ0) is 29.9. The molecule has 1 fully saturated rings. The van der Waals surface area contributed by atoms with Gasteiger partial charge in [0, 0.05) is 25.4 Å². The van der Waals surface area contributed by atoms with Crippen LogP contribution >= 0.6 is 11.8 Å². The Morgan fingerprint density at radius 2 is 2.02 bits per heavy atom. The van der Waals surface area contributed by atoms with Crippen LogP contribution in [0.4, 0.5) is 8.78 Å². The van der Waals surface area contributed by atoms with Crippen LogP contribution in [0.2, 0.25) is 0 Å². The minimum absolute atomic E-state index is 0.121. The van der Waals surface area contributed by atoms with Gasteiger partial charge < -0.3 is 14.0 Å². The summed E-state index contributed by atoms with van der Waals surface area (Å²) in [6.07, 6.45) is 3.94. The quantitative estimate of drug-likeness (QED) is 0.177. The zero-order valence-electron chi connectivity index (χ0n) is 23.6. The summed E-state index contributed by atoms with van der Waals surface area (Å²) in [5, 5.41) is 9.16. The van der Waals surface area contributed by atoms with Gasteiger partial charge in [0.15, 0.2) is 5.82 Å². The van der Waals surface area contributed by atoms with Gasteiger partial charge in [-0.3, -0.25) is 4.90 Å². The maximum Gasteiger partial charge on any atom is 0.337 e. The number of halogens is 2. The molecule has 2 aromatic carbocycles. The van der Waals surface area contributed by atoms with Crippen LogP contribution in [0.3, 0.4) is 0 Å². The number of nitriles is 1. The number of nitrogens with zero attached hydrogens (tertiary/aromatic N) is 5. The molecule has 43 heavy (non-hydrogen) atoms. The number of thioether (sulfide) groups is 1. The number of methoxy groups -OCH3 is 1. The Kier molecular flexibility index (Phi) is 8.51. The van der Waals surface area contributed by atoms with E-state index in [0.29, 0.717) is 36.5 Å². The maximum atomic E-state index is 14.6. The standard InChI is InChI=1S/C32H29F2N5O3S/c1-41-32(40)22-4-6-28-29(15-22)39(17-24-10-13-42-24)30(36-28)18-38-11-8-21(9-12-38)27-7-5-25(33)31(37-27)43-19-23-3-2-20(16-35)14-26(23)34/h2-8,14-15,24H,9-13,17-19H2,1H3/t24-/m0/s1.